The quantitative estimate of drug-likeness (QED) is 0.323. The fraction of sp³-hybridized carbons (Fsp3) is 1.00. The Labute approximate surface area is 99.2 Å². The van der Waals surface area contributed by atoms with Gasteiger partial charge in [0.1, 0.15) is 0 Å². The van der Waals surface area contributed by atoms with Crippen LogP contribution >= 0.6 is 0 Å². The maximum absolute atomic E-state index is 5.35. The van der Waals surface area contributed by atoms with E-state index in [-0.39, 0.29) is 0 Å². The summed E-state index contributed by atoms with van der Waals surface area (Å²) in [6.45, 7) is 4.17. The highest BCUT2D eigenvalue weighted by atomic mass is 28.4. The van der Waals surface area contributed by atoms with E-state index in [2.05, 4.69) is 10.6 Å². The molecule has 0 bridgehead atoms. The van der Waals surface area contributed by atoms with Gasteiger partial charge >= 0.3 is 8.80 Å². The molecule has 0 aromatic rings. The van der Waals surface area contributed by atoms with Crippen LogP contribution in [0.15, 0.2) is 0 Å². The standard InChI is InChI=1S/C9H25N3O3Si/c1-13-16(14-2,15-3)9-8-12-7-6-11-5-4-10/h11-12H,4-10H2,1-3H3. The first kappa shape index (κ1) is 16.0. The maximum Gasteiger partial charge on any atom is 0.501 e. The van der Waals surface area contributed by atoms with Crippen molar-refractivity contribution in [3.05, 3.63) is 0 Å². The maximum atomic E-state index is 5.35. The largest absolute Gasteiger partial charge is 0.501 e. The molecule has 0 radical (unpaired) electrons. The van der Waals surface area contributed by atoms with E-state index >= 15 is 0 Å². The number of rotatable bonds is 11. The highest BCUT2D eigenvalue weighted by Crippen LogP contribution is 2.10. The first-order chi connectivity index (χ1) is 7.74. The monoisotopic (exact) mass is 251 g/mol. The van der Waals surface area contributed by atoms with Crippen LogP contribution in [0, 0.1) is 0 Å². The molecule has 0 atom stereocenters. The predicted molar refractivity (Wildman–Crippen MR) is 66.4 cm³/mol. The SMILES string of the molecule is CO[Si](CCNCCNCCN)(OC)OC. The van der Waals surface area contributed by atoms with Crippen LogP contribution < -0.4 is 16.4 Å². The molecule has 6 nitrogen and oxygen atoms in total. The summed E-state index contributed by atoms with van der Waals surface area (Å²) >= 11 is 0. The second-order valence-electron chi connectivity index (χ2n) is 3.33. The minimum atomic E-state index is -2.40. The topological polar surface area (TPSA) is 77.8 Å². The third-order valence-corrected chi connectivity index (χ3v) is 5.07. The molecular weight excluding hydrogens is 226 g/mol. The Bertz CT molecular complexity index is 151. The van der Waals surface area contributed by atoms with Crippen molar-refractivity contribution in [2.45, 2.75) is 6.04 Å². The molecule has 0 saturated carbocycles. The van der Waals surface area contributed by atoms with Crippen LogP contribution in [0.2, 0.25) is 6.04 Å². The van der Waals surface area contributed by atoms with Gasteiger partial charge in [0.15, 0.2) is 0 Å². The van der Waals surface area contributed by atoms with E-state index in [0.717, 1.165) is 32.2 Å². The second-order valence-corrected chi connectivity index (χ2v) is 6.42. The van der Waals surface area contributed by atoms with Crippen LogP contribution in [0.3, 0.4) is 0 Å². The number of nitrogens with two attached hydrogens (primary N) is 1. The van der Waals surface area contributed by atoms with E-state index in [1.54, 1.807) is 21.3 Å². The Morgan fingerprint density at radius 3 is 1.81 bits per heavy atom. The Morgan fingerprint density at radius 1 is 0.875 bits per heavy atom. The van der Waals surface area contributed by atoms with Gasteiger partial charge in [-0.15, -0.1) is 0 Å². The van der Waals surface area contributed by atoms with E-state index < -0.39 is 8.80 Å². The molecule has 0 aliphatic rings. The third-order valence-electron chi connectivity index (χ3n) is 2.34. The van der Waals surface area contributed by atoms with Crippen LogP contribution in [0.4, 0.5) is 0 Å². The molecule has 0 rings (SSSR count). The molecule has 98 valence electrons. The van der Waals surface area contributed by atoms with Gasteiger partial charge in [0.2, 0.25) is 0 Å². The molecule has 0 aliphatic heterocycles. The van der Waals surface area contributed by atoms with E-state index in [9.17, 15) is 0 Å². The number of nitrogens with one attached hydrogen (secondary N) is 2. The summed E-state index contributed by atoms with van der Waals surface area (Å²) in [6, 6.07) is 0.771. The first-order valence-corrected chi connectivity index (χ1v) is 7.44. The summed E-state index contributed by atoms with van der Waals surface area (Å²) < 4.78 is 15.9. The van der Waals surface area contributed by atoms with Crippen molar-refractivity contribution in [3.63, 3.8) is 0 Å². The summed E-state index contributed by atoms with van der Waals surface area (Å²) in [7, 11) is 2.49. The molecule has 0 aromatic heterocycles. The Kier molecular flexibility index (Phi) is 10.1. The highest BCUT2D eigenvalue weighted by molar-refractivity contribution is 6.60. The van der Waals surface area contributed by atoms with Gasteiger partial charge in [0, 0.05) is 53.6 Å². The molecule has 0 spiro atoms. The lowest BCUT2D eigenvalue weighted by Gasteiger charge is -2.24. The van der Waals surface area contributed by atoms with Crippen LogP contribution in [-0.2, 0) is 13.3 Å². The van der Waals surface area contributed by atoms with Crippen LogP contribution in [0.25, 0.3) is 0 Å². The Hall–Kier alpha value is -0.0231. The zero-order chi connectivity index (χ0) is 12.3. The zero-order valence-electron chi connectivity index (χ0n) is 10.5. The van der Waals surface area contributed by atoms with Gasteiger partial charge in [0.05, 0.1) is 0 Å². The minimum absolute atomic E-state index is 0.674. The lowest BCUT2D eigenvalue weighted by atomic mass is 10.5. The zero-order valence-corrected chi connectivity index (χ0v) is 11.5. The lowest BCUT2D eigenvalue weighted by molar-refractivity contribution is 0.123. The van der Waals surface area contributed by atoms with Crippen molar-refractivity contribution in [2.24, 2.45) is 5.73 Å². The molecule has 4 N–H and O–H groups in total. The average molecular weight is 251 g/mol. The van der Waals surface area contributed by atoms with Crippen molar-refractivity contribution in [1.82, 2.24) is 10.6 Å². The lowest BCUT2D eigenvalue weighted by Crippen LogP contribution is -2.45. The Morgan fingerprint density at radius 2 is 1.38 bits per heavy atom. The van der Waals surface area contributed by atoms with E-state index in [1.165, 1.54) is 0 Å². The summed E-state index contributed by atoms with van der Waals surface area (Å²) in [6.07, 6.45) is 0. The van der Waals surface area contributed by atoms with Crippen LogP contribution in [0.5, 0.6) is 0 Å². The third kappa shape index (κ3) is 6.54. The Balaban J connectivity index is 3.48. The van der Waals surface area contributed by atoms with Gasteiger partial charge in [-0.2, -0.15) is 0 Å². The van der Waals surface area contributed by atoms with Gasteiger partial charge in [-0.25, -0.2) is 0 Å². The molecule has 0 aliphatic carbocycles. The fourth-order valence-electron chi connectivity index (χ4n) is 1.33. The fourth-order valence-corrected chi connectivity index (χ4v) is 2.92. The smallest absolute Gasteiger partial charge is 0.377 e. The molecular formula is C9H25N3O3Si. The summed E-state index contributed by atoms with van der Waals surface area (Å²) in [5.41, 5.74) is 5.35. The average Bonchev–Trinajstić information content (AvgIpc) is 2.34. The molecule has 0 saturated heterocycles. The molecule has 0 heterocycles. The van der Waals surface area contributed by atoms with Crippen molar-refractivity contribution < 1.29 is 13.3 Å². The highest BCUT2D eigenvalue weighted by Gasteiger charge is 2.36. The van der Waals surface area contributed by atoms with Gasteiger partial charge in [0.25, 0.3) is 0 Å². The van der Waals surface area contributed by atoms with Gasteiger partial charge in [-0.3, -0.25) is 0 Å². The van der Waals surface area contributed by atoms with E-state index in [1.807, 2.05) is 0 Å². The number of hydrogen-bond donors (Lipinski definition) is 3. The molecule has 0 unspecified atom stereocenters. The first-order valence-electron chi connectivity index (χ1n) is 5.51. The van der Waals surface area contributed by atoms with E-state index in [0.29, 0.717) is 6.54 Å². The summed E-state index contributed by atoms with van der Waals surface area (Å²) in [4.78, 5) is 0. The summed E-state index contributed by atoms with van der Waals surface area (Å²) in [5, 5.41) is 6.50. The normalized spacial score (nSPS) is 12.0. The second kappa shape index (κ2) is 10.2. The van der Waals surface area contributed by atoms with Gasteiger partial charge in [-0.05, 0) is 6.54 Å². The predicted octanol–water partition coefficient (Wildman–Crippen LogP) is -0.998. The molecule has 0 aromatic carbocycles. The van der Waals surface area contributed by atoms with Crippen LogP contribution in [-0.4, -0.2) is 62.9 Å². The van der Waals surface area contributed by atoms with Gasteiger partial charge < -0.3 is 29.6 Å². The van der Waals surface area contributed by atoms with Crippen molar-refractivity contribution in [3.8, 4) is 0 Å². The summed E-state index contributed by atoms with van der Waals surface area (Å²) in [5.74, 6) is 0. The van der Waals surface area contributed by atoms with Crippen molar-refractivity contribution in [2.75, 3.05) is 54.1 Å². The van der Waals surface area contributed by atoms with E-state index in [4.69, 9.17) is 19.0 Å². The van der Waals surface area contributed by atoms with Crippen LogP contribution in [0.1, 0.15) is 0 Å². The molecule has 16 heavy (non-hydrogen) atoms. The molecule has 0 amide bonds. The molecule has 0 fully saturated rings. The number of hydrogen-bond acceptors (Lipinski definition) is 6. The molecule has 7 heteroatoms. The van der Waals surface area contributed by atoms with Crippen molar-refractivity contribution >= 4 is 8.80 Å². The van der Waals surface area contributed by atoms with Crippen molar-refractivity contribution in [1.29, 1.82) is 0 Å². The minimum Gasteiger partial charge on any atom is -0.377 e. The van der Waals surface area contributed by atoms with Gasteiger partial charge in [-0.1, -0.05) is 0 Å².